The molecular formula is C21H26N2O3. The fourth-order valence-corrected chi connectivity index (χ4v) is 4.13. The average Bonchev–Trinajstić information content (AvgIpc) is 3.17. The summed E-state index contributed by atoms with van der Waals surface area (Å²) in [5.74, 6) is 1.52. The van der Waals surface area contributed by atoms with Crippen molar-refractivity contribution in [2.45, 2.75) is 38.5 Å². The zero-order chi connectivity index (χ0) is 18.3. The summed E-state index contributed by atoms with van der Waals surface area (Å²) >= 11 is 0. The number of ether oxygens (including phenoxy) is 1. The number of hydrogen-bond acceptors (Lipinski definition) is 4. The molecule has 0 bridgehead atoms. The second kappa shape index (κ2) is 6.56. The van der Waals surface area contributed by atoms with Crippen LogP contribution < -0.4 is 0 Å². The van der Waals surface area contributed by atoms with E-state index >= 15 is 0 Å². The van der Waals surface area contributed by atoms with Gasteiger partial charge in [-0.1, -0.05) is 30.3 Å². The summed E-state index contributed by atoms with van der Waals surface area (Å²) in [6.07, 6.45) is 0.976. The molecule has 4 rings (SSSR count). The van der Waals surface area contributed by atoms with Crippen molar-refractivity contribution in [2.24, 2.45) is 0 Å². The Morgan fingerprint density at radius 2 is 2.00 bits per heavy atom. The lowest BCUT2D eigenvalue weighted by molar-refractivity contribution is -0.0951. The lowest BCUT2D eigenvalue weighted by Gasteiger charge is -2.47. The van der Waals surface area contributed by atoms with Crippen LogP contribution in [0, 0.1) is 13.8 Å². The van der Waals surface area contributed by atoms with Gasteiger partial charge in [-0.3, -0.25) is 9.69 Å². The fourth-order valence-electron chi connectivity index (χ4n) is 4.13. The lowest BCUT2D eigenvalue weighted by atomic mass is 9.88. The molecule has 2 fully saturated rings. The number of hydrogen-bond donors (Lipinski definition) is 0. The molecule has 1 aromatic heterocycles. The Balaban J connectivity index is 1.33. The Kier molecular flexibility index (Phi) is 4.37. The first-order chi connectivity index (χ1) is 12.5. The standard InChI is InChI=1S/C21H26N2O3/c1-15-9-19(16(2)26-15)20(24)23-13-21(14-23)10-18(12-25-21)22(3)11-17-7-5-4-6-8-17/h4-9,18H,10-14H2,1-3H3. The van der Waals surface area contributed by atoms with E-state index in [1.54, 1.807) is 0 Å². The Bertz CT molecular complexity index is 793. The van der Waals surface area contributed by atoms with E-state index < -0.39 is 0 Å². The molecule has 2 saturated heterocycles. The largest absolute Gasteiger partial charge is 0.466 e. The van der Waals surface area contributed by atoms with E-state index in [0.717, 1.165) is 25.3 Å². The number of nitrogens with zero attached hydrogens (tertiary/aromatic N) is 2. The van der Waals surface area contributed by atoms with Crippen molar-refractivity contribution in [2.75, 3.05) is 26.7 Å². The van der Waals surface area contributed by atoms with Crippen LogP contribution in [-0.4, -0.2) is 54.1 Å². The third kappa shape index (κ3) is 3.17. The number of furan rings is 1. The van der Waals surface area contributed by atoms with Crippen molar-refractivity contribution in [1.29, 1.82) is 0 Å². The number of aryl methyl sites for hydroxylation is 2. The van der Waals surface area contributed by atoms with Gasteiger partial charge in [-0.15, -0.1) is 0 Å². The van der Waals surface area contributed by atoms with Crippen LogP contribution in [0.5, 0.6) is 0 Å². The topological polar surface area (TPSA) is 45.9 Å². The zero-order valence-electron chi connectivity index (χ0n) is 15.7. The average molecular weight is 354 g/mol. The Morgan fingerprint density at radius 3 is 2.65 bits per heavy atom. The van der Waals surface area contributed by atoms with E-state index in [4.69, 9.17) is 9.15 Å². The summed E-state index contributed by atoms with van der Waals surface area (Å²) in [5.41, 5.74) is 1.82. The molecule has 0 radical (unpaired) electrons. The van der Waals surface area contributed by atoms with Crippen molar-refractivity contribution in [3.8, 4) is 0 Å². The van der Waals surface area contributed by atoms with Crippen LogP contribution >= 0.6 is 0 Å². The van der Waals surface area contributed by atoms with E-state index in [9.17, 15) is 4.79 Å². The molecule has 5 heteroatoms. The molecule has 2 aliphatic heterocycles. The van der Waals surface area contributed by atoms with Crippen molar-refractivity contribution < 1.29 is 13.9 Å². The van der Waals surface area contributed by atoms with Gasteiger partial charge in [0.1, 0.15) is 17.1 Å². The summed E-state index contributed by atoms with van der Waals surface area (Å²) in [5, 5.41) is 0. The molecule has 0 saturated carbocycles. The maximum absolute atomic E-state index is 12.7. The number of likely N-dealkylation sites (N-methyl/N-ethyl adjacent to an activating group) is 1. The van der Waals surface area contributed by atoms with Gasteiger partial charge < -0.3 is 14.1 Å². The van der Waals surface area contributed by atoms with E-state index in [-0.39, 0.29) is 11.5 Å². The molecule has 0 aliphatic carbocycles. The predicted molar refractivity (Wildman–Crippen MR) is 99.1 cm³/mol. The maximum Gasteiger partial charge on any atom is 0.257 e. The maximum atomic E-state index is 12.7. The molecule has 3 heterocycles. The first-order valence-electron chi connectivity index (χ1n) is 9.20. The SMILES string of the molecule is Cc1cc(C(=O)N2CC3(CC(N(C)Cc4ccccc4)CO3)C2)c(C)o1. The van der Waals surface area contributed by atoms with Gasteiger partial charge in [0.15, 0.2) is 0 Å². The normalized spacial score (nSPS) is 21.4. The highest BCUT2D eigenvalue weighted by atomic mass is 16.5. The van der Waals surface area contributed by atoms with Gasteiger partial charge >= 0.3 is 0 Å². The highest BCUT2D eigenvalue weighted by Gasteiger charge is 2.52. The second-order valence-electron chi connectivity index (χ2n) is 7.74. The quantitative estimate of drug-likeness (QED) is 0.847. The van der Waals surface area contributed by atoms with E-state index in [0.29, 0.717) is 30.5 Å². The molecule has 2 aromatic rings. The zero-order valence-corrected chi connectivity index (χ0v) is 15.7. The third-order valence-corrected chi connectivity index (χ3v) is 5.60. The first-order valence-corrected chi connectivity index (χ1v) is 9.20. The minimum Gasteiger partial charge on any atom is -0.466 e. The van der Waals surface area contributed by atoms with E-state index in [1.165, 1.54) is 5.56 Å². The van der Waals surface area contributed by atoms with E-state index in [1.807, 2.05) is 30.9 Å². The van der Waals surface area contributed by atoms with Gasteiger partial charge in [0.2, 0.25) is 0 Å². The fraction of sp³-hybridized carbons (Fsp3) is 0.476. The highest BCUT2D eigenvalue weighted by Crippen LogP contribution is 2.38. The second-order valence-corrected chi connectivity index (χ2v) is 7.74. The summed E-state index contributed by atoms with van der Waals surface area (Å²) in [6.45, 7) is 6.71. The van der Waals surface area contributed by atoms with Crippen LogP contribution in [0.15, 0.2) is 40.8 Å². The predicted octanol–water partition coefficient (Wildman–Crippen LogP) is 3.01. The molecule has 1 spiro atoms. The van der Waals surface area contributed by atoms with Crippen LogP contribution in [0.1, 0.15) is 33.9 Å². The Morgan fingerprint density at radius 1 is 1.27 bits per heavy atom. The van der Waals surface area contributed by atoms with Crippen LogP contribution in [0.25, 0.3) is 0 Å². The Hall–Kier alpha value is -2.11. The van der Waals surface area contributed by atoms with Gasteiger partial charge in [0.05, 0.1) is 25.3 Å². The molecule has 2 aliphatic rings. The number of rotatable bonds is 4. The van der Waals surface area contributed by atoms with Crippen molar-refractivity contribution in [1.82, 2.24) is 9.80 Å². The molecule has 0 N–H and O–H groups in total. The number of likely N-dealkylation sites (tertiary alicyclic amines) is 1. The van der Waals surface area contributed by atoms with Gasteiger partial charge in [0.25, 0.3) is 5.91 Å². The molecule has 1 amide bonds. The minimum absolute atomic E-state index is 0.0506. The van der Waals surface area contributed by atoms with Crippen molar-refractivity contribution in [3.63, 3.8) is 0 Å². The number of carbonyl (C=O) groups is 1. The summed E-state index contributed by atoms with van der Waals surface area (Å²) < 4.78 is 11.6. The lowest BCUT2D eigenvalue weighted by Crippen LogP contribution is -2.63. The summed E-state index contributed by atoms with van der Waals surface area (Å²) in [4.78, 5) is 16.9. The Labute approximate surface area is 154 Å². The van der Waals surface area contributed by atoms with Crippen molar-refractivity contribution in [3.05, 3.63) is 59.0 Å². The number of benzene rings is 1. The third-order valence-electron chi connectivity index (χ3n) is 5.60. The molecule has 1 atom stereocenters. The summed E-state index contributed by atoms with van der Waals surface area (Å²) in [7, 11) is 2.15. The van der Waals surface area contributed by atoms with E-state index in [2.05, 4.69) is 36.2 Å². The minimum atomic E-state index is -0.169. The van der Waals surface area contributed by atoms with Gasteiger partial charge in [-0.2, -0.15) is 0 Å². The molecule has 1 aromatic carbocycles. The highest BCUT2D eigenvalue weighted by molar-refractivity contribution is 5.96. The molecule has 5 nitrogen and oxygen atoms in total. The van der Waals surface area contributed by atoms with Crippen LogP contribution in [-0.2, 0) is 11.3 Å². The first kappa shape index (κ1) is 17.3. The number of amides is 1. The molecule has 138 valence electrons. The molecular weight excluding hydrogens is 328 g/mol. The number of carbonyl (C=O) groups excluding carboxylic acids is 1. The van der Waals surface area contributed by atoms with Crippen LogP contribution in [0.4, 0.5) is 0 Å². The molecule has 26 heavy (non-hydrogen) atoms. The van der Waals surface area contributed by atoms with Crippen LogP contribution in [0.2, 0.25) is 0 Å². The van der Waals surface area contributed by atoms with Gasteiger partial charge in [-0.25, -0.2) is 0 Å². The van der Waals surface area contributed by atoms with Crippen LogP contribution in [0.3, 0.4) is 0 Å². The molecule has 1 unspecified atom stereocenters. The summed E-state index contributed by atoms with van der Waals surface area (Å²) in [6, 6.07) is 12.7. The van der Waals surface area contributed by atoms with Crippen molar-refractivity contribution >= 4 is 5.91 Å². The monoisotopic (exact) mass is 354 g/mol. The van der Waals surface area contributed by atoms with Gasteiger partial charge in [0, 0.05) is 12.6 Å². The van der Waals surface area contributed by atoms with Gasteiger partial charge in [-0.05, 0) is 38.9 Å². The smallest absolute Gasteiger partial charge is 0.257 e.